The molecule has 0 heterocycles. The second kappa shape index (κ2) is 6.84. The van der Waals surface area contributed by atoms with Gasteiger partial charge in [-0.2, -0.15) is 0 Å². The number of carbonyl (C=O) groups is 1. The second-order valence-corrected chi connectivity index (χ2v) is 3.68. The fraction of sp³-hybridized carbons (Fsp3) is 0.727. The number of hydrogen-bond donors (Lipinski definition) is 0. The molecular weight excluding hydrogens is 164 g/mol. The quantitative estimate of drug-likeness (QED) is 0.468. The van der Waals surface area contributed by atoms with Crippen LogP contribution in [-0.4, -0.2) is 19.5 Å². The summed E-state index contributed by atoms with van der Waals surface area (Å²) in [6.45, 7) is 6.54. The van der Waals surface area contributed by atoms with Crippen LogP contribution in [0.4, 0.5) is 0 Å². The highest BCUT2D eigenvalue weighted by atomic mass is 16.5. The van der Waals surface area contributed by atoms with E-state index < -0.39 is 0 Å². The Hall–Kier alpha value is -0.630. The van der Waals surface area contributed by atoms with E-state index in [2.05, 4.69) is 20.8 Å². The van der Waals surface area contributed by atoms with Crippen molar-refractivity contribution in [3.63, 3.8) is 0 Å². The predicted octanol–water partition coefficient (Wildman–Crippen LogP) is 2.44. The average molecular weight is 184 g/mol. The Kier molecular flexibility index (Phi) is 6.51. The van der Waals surface area contributed by atoms with Gasteiger partial charge < -0.3 is 4.74 Å². The third kappa shape index (κ3) is 4.83. The fourth-order valence-corrected chi connectivity index (χ4v) is 1.22. The van der Waals surface area contributed by atoms with Crippen LogP contribution in [0, 0.1) is 11.8 Å². The first kappa shape index (κ1) is 12.4. The molecule has 76 valence electrons. The maximum atomic E-state index is 10.1. The molecule has 0 N–H and O–H groups in total. The van der Waals surface area contributed by atoms with Gasteiger partial charge in [0, 0.05) is 7.11 Å². The standard InChI is InChI=1S/C11H20O2/c1-9(2)10(3)11(13-4)7-5-6-8-12/h5-6,8-11H,7H2,1-4H3/b6-5+. The minimum Gasteiger partial charge on any atom is -0.381 e. The van der Waals surface area contributed by atoms with Crippen LogP contribution in [0.5, 0.6) is 0 Å². The van der Waals surface area contributed by atoms with E-state index in [9.17, 15) is 4.79 Å². The van der Waals surface area contributed by atoms with Crippen LogP contribution in [0.1, 0.15) is 27.2 Å². The van der Waals surface area contributed by atoms with Gasteiger partial charge in [-0.05, 0) is 24.3 Å². The Morgan fingerprint density at radius 3 is 2.31 bits per heavy atom. The van der Waals surface area contributed by atoms with Crippen molar-refractivity contribution >= 4 is 6.29 Å². The van der Waals surface area contributed by atoms with Crippen molar-refractivity contribution in [2.45, 2.75) is 33.3 Å². The molecule has 0 bridgehead atoms. The molecule has 13 heavy (non-hydrogen) atoms. The molecule has 0 saturated heterocycles. The predicted molar refractivity (Wildman–Crippen MR) is 54.6 cm³/mol. The Bertz CT molecular complexity index is 161. The Morgan fingerprint density at radius 2 is 1.92 bits per heavy atom. The highest BCUT2D eigenvalue weighted by Gasteiger charge is 2.18. The first-order valence-electron chi connectivity index (χ1n) is 4.76. The zero-order chi connectivity index (χ0) is 10.3. The van der Waals surface area contributed by atoms with Crippen molar-refractivity contribution < 1.29 is 9.53 Å². The first-order valence-corrected chi connectivity index (χ1v) is 4.76. The topological polar surface area (TPSA) is 26.3 Å². The molecule has 0 aromatic rings. The van der Waals surface area contributed by atoms with E-state index in [1.54, 1.807) is 7.11 Å². The molecule has 0 spiro atoms. The number of ether oxygens (including phenoxy) is 1. The molecular formula is C11H20O2. The lowest BCUT2D eigenvalue weighted by atomic mass is 9.90. The summed E-state index contributed by atoms with van der Waals surface area (Å²) in [7, 11) is 1.72. The molecule has 0 aromatic carbocycles. The molecule has 2 heteroatoms. The van der Waals surface area contributed by atoms with Gasteiger partial charge in [0.1, 0.15) is 6.29 Å². The normalized spacial score (nSPS) is 16.4. The minimum atomic E-state index is 0.219. The van der Waals surface area contributed by atoms with Crippen molar-refractivity contribution in [3.05, 3.63) is 12.2 Å². The molecule has 0 saturated carbocycles. The van der Waals surface area contributed by atoms with Gasteiger partial charge in [-0.15, -0.1) is 0 Å². The zero-order valence-corrected chi connectivity index (χ0v) is 8.99. The van der Waals surface area contributed by atoms with Crippen molar-refractivity contribution in [1.29, 1.82) is 0 Å². The van der Waals surface area contributed by atoms with Gasteiger partial charge in [0.05, 0.1) is 6.10 Å². The molecule has 0 radical (unpaired) electrons. The van der Waals surface area contributed by atoms with E-state index >= 15 is 0 Å². The summed E-state index contributed by atoms with van der Waals surface area (Å²) in [5.74, 6) is 1.12. The molecule has 0 amide bonds. The Labute approximate surface area is 81.0 Å². The van der Waals surface area contributed by atoms with Gasteiger partial charge >= 0.3 is 0 Å². The average Bonchev–Trinajstić information content (AvgIpc) is 2.11. The van der Waals surface area contributed by atoms with Crippen molar-refractivity contribution in [3.8, 4) is 0 Å². The van der Waals surface area contributed by atoms with Gasteiger partial charge in [-0.1, -0.05) is 26.8 Å². The summed E-state index contributed by atoms with van der Waals surface area (Å²) in [6, 6.07) is 0. The smallest absolute Gasteiger partial charge is 0.142 e. The highest BCUT2D eigenvalue weighted by Crippen LogP contribution is 2.19. The van der Waals surface area contributed by atoms with Crippen LogP contribution >= 0.6 is 0 Å². The summed E-state index contributed by atoms with van der Waals surface area (Å²) in [5, 5.41) is 0. The maximum absolute atomic E-state index is 10.1. The number of rotatable bonds is 6. The van der Waals surface area contributed by atoms with Crippen molar-refractivity contribution in [1.82, 2.24) is 0 Å². The molecule has 0 aromatic heterocycles. The van der Waals surface area contributed by atoms with E-state index in [1.807, 2.05) is 6.08 Å². The maximum Gasteiger partial charge on any atom is 0.142 e. The Morgan fingerprint density at radius 1 is 1.31 bits per heavy atom. The van der Waals surface area contributed by atoms with Crippen LogP contribution in [0.25, 0.3) is 0 Å². The summed E-state index contributed by atoms with van der Waals surface area (Å²) < 4.78 is 5.35. The lowest BCUT2D eigenvalue weighted by Crippen LogP contribution is -2.23. The van der Waals surface area contributed by atoms with Crippen LogP contribution in [0.15, 0.2) is 12.2 Å². The van der Waals surface area contributed by atoms with E-state index in [0.29, 0.717) is 11.8 Å². The van der Waals surface area contributed by atoms with Gasteiger partial charge in [-0.25, -0.2) is 0 Å². The summed E-state index contributed by atoms with van der Waals surface area (Å²) >= 11 is 0. The minimum absolute atomic E-state index is 0.219. The fourth-order valence-electron chi connectivity index (χ4n) is 1.22. The van der Waals surface area contributed by atoms with E-state index in [-0.39, 0.29) is 6.10 Å². The van der Waals surface area contributed by atoms with Crippen LogP contribution in [0.2, 0.25) is 0 Å². The van der Waals surface area contributed by atoms with Crippen LogP contribution < -0.4 is 0 Å². The molecule has 2 atom stereocenters. The van der Waals surface area contributed by atoms with Gasteiger partial charge in [0.15, 0.2) is 0 Å². The van der Waals surface area contributed by atoms with E-state index in [1.165, 1.54) is 6.08 Å². The highest BCUT2D eigenvalue weighted by molar-refractivity contribution is 5.64. The third-order valence-electron chi connectivity index (χ3n) is 2.52. The van der Waals surface area contributed by atoms with Crippen molar-refractivity contribution in [2.75, 3.05) is 7.11 Å². The lowest BCUT2D eigenvalue weighted by Gasteiger charge is -2.24. The molecule has 0 aliphatic heterocycles. The number of hydrogen-bond acceptors (Lipinski definition) is 2. The van der Waals surface area contributed by atoms with E-state index in [4.69, 9.17) is 4.74 Å². The summed E-state index contributed by atoms with van der Waals surface area (Å²) in [6.07, 6.45) is 5.22. The third-order valence-corrected chi connectivity index (χ3v) is 2.52. The van der Waals surface area contributed by atoms with Crippen LogP contribution in [-0.2, 0) is 9.53 Å². The molecule has 2 nitrogen and oxygen atoms in total. The summed E-state index contributed by atoms with van der Waals surface area (Å²) in [4.78, 5) is 10.1. The molecule has 0 aliphatic carbocycles. The zero-order valence-electron chi connectivity index (χ0n) is 8.99. The number of methoxy groups -OCH3 is 1. The Balaban J connectivity index is 4.01. The lowest BCUT2D eigenvalue weighted by molar-refractivity contribution is -0.104. The van der Waals surface area contributed by atoms with Crippen LogP contribution in [0.3, 0.4) is 0 Å². The van der Waals surface area contributed by atoms with E-state index in [0.717, 1.165) is 12.7 Å². The molecule has 0 aliphatic rings. The van der Waals surface area contributed by atoms with Crippen molar-refractivity contribution in [2.24, 2.45) is 11.8 Å². The molecule has 2 unspecified atom stereocenters. The van der Waals surface area contributed by atoms with Gasteiger partial charge in [0.2, 0.25) is 0 Å². The first-order chi connectivity index (χ1) is 6.13. The number of carbonyl (C=O) groups excluding carboxylic acids is 1. The van der Waals surface area contributed by atoms with Gasteiger partial charge in [0.25, 0.3) is 0 Å². The SMILES string of the molecule is COC(C/C=C/C=O)C(C)C(C)C. The second-order valence-electron chi connectivity index (χ2n) is 3.68. The number of allylic oxidation sites excluding steroid dienone is 1. The molecule has 0 rings (SSSR count). The largest absolute Gasteiger partial charge is 0.381 e. The molecule has 0 fully saturated rings. The summed E-state index contributed by atoms with van der Waals surface area (Å²) in [5.41, 5.74) is 0. The van der Waals surface area contributed by atoms with Gasteiger partial charge in [-0.3, -0.25) is 4.79 Å². The number of aldehydes is 1. The monoisotopic (exact) mass is 184 g/mol.